The van der Waals surface area contributed by atoms with Crippen LogP contribution in [0.15, 0.2) is 48.7 Å². The highest BCUT2D eigenvalue weighted by molar-refractivity contribution is 6.30. The van der Waals surface area contributed by atoms with Gasteiger partial charge in [0.15, 0.2) is 5.69 Å². The van der Waals surface area contributed by atoms with Crippen LogP contribution in [0.2, 0.25) is 5.02 Å². The first-order valence-electron chi connectivity index (χ1n) is 8.14. The molecule has 0 fully saturated rings. The van der Waals surface area contributed by atoms with E-state index < -0.39 is 6.10 Å². The van der Waals surface area contributed by atoms with Gasteiger partial charge in [-0.3, -0.25) is 4.79 Å². The summed E-state index contributed by atoms with van der Waals surface area (Å²) in [5.41, 5.74) is 3.74. The fourth-order valence-corrected chi connectivity index (χ4v) is 2.83. The molecule has 6 nitrogen and oxygen atoms in total. The fraction of sp³-hybridized carbons (Fsp3) is 0.211. The third kappa shape index (κ3) is 4.47. The molecule has 134 valence electrons. The number of aliphatic hydroxyl groups excluding tert-OH is 1. The summed E-state index contributed by atoms with van der Waals surface area (Å²) < 4.78 is 1.44. The first-order valence-corrected chi connectivity index (χ1v) is 8.52. The molecule has 0 aliphatic heterocycles. The summed E-state index contributed by atoms with van der Waals surface area (Å²) in [4.78, 5) is 12.3. The summed E-state index contributed by atoms with van der Waals surface area (Å²) in [5.74, 6) is -0.345. The van der Waals surface area contributed by atoms with Crippen molar-refractivity contribution in [2.75, 3.05) is 5.32 Å². The number of carbonyl (C=O) groups is 1. The van der Waals surface area contributed by atoms with Crippen LogP contribution in [0.1, 0.15) is 33.3 Å². The number of nitrogens with zero attached hydrogens (tertiary/aromatic N) is 3. The molecule has 1 atom stereocenters. The monoisotopic (exact) mass is 370 g/mol. The van der Waals surface area contributed by atoms with Crippen molar-refractivity contribution in [2.45, 2.75) is 26.5 Å². The maximum absolute atomic E-state index is 12.3. The fourth-order valence-electron chi connectivity index (χ4n) is 2.70. The van der Waals surface area contributed by atoms with E-state index >= 15 is 0 Å². The van der Waals surface area contributed by atoms with Crippen LogP contribution in [0.5, 0.6) is 0 Å². The van der Waals surface area contributed by atoms with Gasteiger partial charge in [0.2, 0.25) is 0 Å². The molecule has 0 radical (unpaired) electrons. The Bertz CT molecular complexity index is 901. The lowest BCUT2D eigenvalue weighted by Crippen LogP contribution is -2.13. The van der Waals surface area contributed by atoms with Crippen LogP contribution < -0.4 is 5.32 Å². The molecule has 1 heterocycles. The molecule has 0 saturated carbocycles. The zero-order valence-electron chi connectivity index (χ0n) is 14.5. The van der Waals surface area contributed by atoms with Crippen LogP contribution in [0, 0.1) is 13.8 Å². The van der Waals surface area contributed by atoms with Crippen molar-refractivity contribution in [3.05, 3.63) is 76.1 Å². The topological polar surface area (TPSA) is 80.0 Å². The van der Waals surface area contributed by atoms with Crippen molar-refractivity contribution >= 4 is 23.2 Å². The van der Waals surface area contributed by atoms with Crippen molar-refractivity contribution < 1.29 is 9.90 Å². The smallest absolute Gasteiger partial charge is 0.277 e. The summed E-state index contributed by atoms with van der Waals surface area (Å²) in [6, 6.07) is 12.7. The highest BCUT2D eigenvalue weighted by atomic mass is 35.5. The second-order valence-corrected chi connectivity index (χ2v) is 6.66. The number of aliphatic hydroxyl groups is 1. The molecule has 0 aliphatic carbocycles. The molecule has 2 aromatic carbocycles. The van der Waals surface area contributed by atoms with Crippen molar-refractivity contribution in [3.63, 3.8) is 0 Å². The zero-order valence-corrected chi connectivity index (χ0v) is 15.2. The Balaban J connectivity index is 1.66. The quantitative estimate of drug-likeness (QED) is 0.720. The van der Waals surface area contributed by atoms with Gasteiger partial charge in [0.05, 0.1) is 18.8 Å². The molecule has 0 spiro atoms. The lowest BCUT2D eigenvalue weighted by Gasteiger charge is -2.10. The predicted molar refractivity (Wildman–Crippen MR) is 100 cm³/mol. The summed E-state index contributed by atoms with van der Waals surface area (Å²) in [7, 11) is 0. The average Bonchev–Trinajstić information content (AvgIpc) is 3.03. The number of hydrogen-bond donors (Lipinski definition) is 2. The number of benzene rings is 2. The lowest BCUT2D eigenvalue weighted by molar-refractivity contribution is 0.102. The van der Waals surface area contributed by atoms with E-state index in [1.807, 2.05) is 32.0 Å². The molecule has 3 rings (SSSR count). The predicted octanol–water partition coefficient (Wildman–Crippen LogP) is 3.53. The van der Waals surface area contributed by atoms with Gasteiger partial charge >= 0.3 is 0 Å². The van der Waals surface area contributed by atoms with Gasteiger partial charge in [-0.2, -0.15) is 0 Å². The van der Waals surface area contributed by atoms with E-state index in [4.69, 9.17) is 11.6 Å². The zero-order chi connectivity index (χ0) is 18.7. The molecule has 26 heavy (non-hydrogen) atoms. The highest BCUT2D eigenvalue weighted by Crippen LogP contribution is 2.18. The molecule has 0 aliphatic rings. The van der Waals surface area contributed by atoms with Crippen LogP contribution in [0.25, 0.3) is 0 Å². The Labute approximate surface area is 156 Å². The van der Waals surface area contributed by atoms with Crippen molar-refractivity contribution in [3.8, 4) is 0 Å². The van der Waals surface area contributed by atoms with Gasteiger partial charge in [-0.25, -0.2) is 4.68 Å². The van der Waals surface area contributed by atoms with Crippen molar-refractivity contribution in [1.29, 1.82) is 0 Å². The molecule has 7 heteroatoms. The normalized spacial score (nSPS) is 12.0. The Hall–Kier alpha value is -2.70. The largest absolute Gasteiger partial charge is 0.386 e. The number of carbonyl (C=O) groups excluding carboxylic acids is 1. The molecule has 0 saturated heterocycles. The summed E-state index contributed by atoms with van der Waals surface area (Å²) >= 11 is 5.85. The number of amides is 1. The summed E-state index contributed by atoms with van der Waals surface area (Å²) in [6.07, 6.45) is 0.737. The molecule has 0 bridgehead atoms. The maximum Gasteiger partial charge on any atom is 0.277 e. The molecule has 3 aromatic rings. The number of anilines is 1. The first kappa shape index (κ1) is 18.1. The Morgan fingerprint density at radius 1 is 1.19 bits per heavy atom. The van der Waals surface area contributed by atoms with Gasteiger partial charge in [0.1, 0.15) is 0 Å². The van der Waals surface area contributed by atoms with Crippen LogP contribution >= 0.6 is 11.6 Å². The average molecular weight is 371 g/mol. The van der Waals surface area contributed by atoms with Gasteiger partial charge in [-0.15, -0.1) is 5.10 Å². The standard InChI is InChI=1S/C19H19ClN4O2/c1-12-7-13(2)9-16(8-12)21-19(26)17-10-24(23-22-17)11-18(25)14-3-5-15(20)6-4-14/h3-10,18,25H,11H2,1-2H3,(H,21,26). The Morgan fingerprint density at radius 3 is 2.50 bits per heavy atom. The van der Waals surface area contributed by atoms with E-state index in [1.165, 1.54) is 10.9 Å². The number of halogens is 1. The number of rotatable bonds is 5. The molecule has 1 amide bonds. The van der Waals surface area contributed by atoms with E-state index in [0.717, 1.165) is 11.1 Å². The van der Waals surface area contributed by atoms with Crippen LogP contribution in [-0.2, 0) is 6.54 Å². The third-order valence-electron chi connectivity index (χ3n) is 3.87. The minimum absolute atomic E-state index is 0.186. The molecular weight excluding hydrogens is 352 g/mol. The first-order chi connectivity index (χ1) is 12.4. The molecule has 2 N–H and O–H groups in total. The third-order valence-corrected chi connectivity index (χ3v) is 4.12. The van der Waals surface area contributed by atoms with Gasteiger partial charge in [-0.1, -0.05) is 35.0 Å². The van der Waals surface area contributed by atoms with Gasteiger partial charge in [0, 0.05) is 10.7 Å². The van der Waals surface area contributed by atoms with Gasteiger partial charge < -0.3 is 10.4 Å². The minimum Gasteiger partial charge on any atom is -0.386 e. The summed E-state index contributed by atoms with van der Waals surface area (Å²) in [5, 5.41) is 21.5. The van der Waals surface area contributed by atoms with Gasteiger partial charge in [0.25, 0.3) is 5.91 Å². The van der Waals surface area contributed by atoms with Gasteiger partial charge in [-0.05, 0) is 54.8 Å². The van der Waals surface area contributed by atoms with Crippen molar-refractivity contribution in [2.24, 2.45) is 0 Å². The molecular formula is C19H19ClN4O2. The number of nitrogens with one attached hydrogen (secondary N) is 1. The van der Waals surface area contributed by atoms with Crippen molar-refractivity contribution in [1.82, 2.24) is 15.0 Å². The molecule has 1 unspecified atom stereocenters. The van der Waals surface area contributed by atoms with E-state index in [9.17, 15) is 9.90 Å². The second kappa shape index (κ2) is 7.68. The van der Waals surface area contributed by atoms with E-state index in [-0.39, 0.29) is 18.1 Å². The van der Waals surface area contributed by atoms with E-state index in [1.54, 1.807) is 24.3 Å². The highest BCUT2D eigenvalue weighted by Gasteiger charge is 2.14. The number of hydrogen-bond acceptors (Lipinski definition) is 4. The van der Waals surface area contributed by atoms with Crippen LogP contribution in [0.3, 0.4) is 0 Å². The lowest BCUT2D eigenvalue weighted by atomic mass is 10.1. The number of aromatic nitrogens is 3. The van der Waals surface area contributed by atoms with Crippen LogP contribution in [0.4, 0.5) is 5.69 Å². The number of aryl methyl sites for hydroxylation is 2. The Morgan fingerprint density at radius 2 is 1.85 bits per heavy atom. The minimum atomic E-state index is -0.774. The van der Waals surface area contributed by atoms with Crippen LogP contribution in [-0.4, -0.2) is 26.0 Å². The Kier molecular flexibility index (Phi) is 5.35. The van der Waals surface area contributed by atoms with E-state index in [0.29, 0.717) is 16.3 Å². The summed E-state index contributed by atoms with van der Waals surface area (Å²) in [6.45, 7) is 4.12. The maximum atomic E-state index is 12.3. The molecule has 1 aromatic heterocycles. The van der Waals surface area contributed by atoms with E-state index in [2.05, 4.69) is 15.6 Å². The second-order valence-electron chi connectivity index (χ2n) is 6.22. The SMILES string of the molecule is Cc1cc(C)cc(NC(=O)c2cn(CC(O)c3ccc(Cl)cc3)nn2)c1.